The first-order chi connectivity index (χ1) is 9.05. The van der Waals surface area contributed by atoms with Crippen LogP contribution in [0.1, 0.15) is 25.3 Å². The molecule has 0 saturated heterocycles. The molecule has 2 rings (SSSR count). The third-order valence-electron chi connectivity index (χ3n) is 2.74. The van der Waals surface area contributed by atoms with Crippen molar-refractivity contribution in [2.45, 2.75) is 19.8 Å². The Balaban J connectivity index is 2.33. The van der Waals surface area contributed by atoms with Gasteiger partial charge in [-0.2, -0.15) is 13.7 Å². The molecule has 1 aromatic carbocycles. The number of H-pyrrole nitrogens is 1. The first-order valence-corrected chi connectivity index (χ1v) is 7.57. The van der Waals surface area contributed by atoms with Crippen LogP contribution in [-0.4, -0.2) is 19.2 Å². The highest BCUT2D eigenvalue weighted by atomic mass is 32.2. The summed E-state index contributed by atoms with van der Waals surface area (Å²) in [6.07, 6.45) is 2.85. The molecule has 1 heterocycles. The van der Waals surface area contributed by atoms with Gasteiger partial charge in [0, 0.05) is 17.1 Å². The first kappa shape index (κ1) is 13.4. The maximum Gasteiger partial charge on any atom is 0.309 e. The fourth-order valence-electron chi connectivity index (χ4n) is 1.73. The van der Waals surface area contributed by atoms with Gasteiger partial charge in [0.25, 0.3) is 0 Å². The molecule has 0 aliphatic carbocycles. The Labute approximate surface area is 111 Å². The topological polar surface area (TPSA) is 83.0 Å². The Bertz CT molecular complexity index is 726. The lowest BCUT2D eigenvalue weighted by Crippen LogP contribution is -2.13. The smallest absolute Gasteiger partial charge is 0.309 e. The summed E-state index contributed by atoms with van der Waals surface area (Å²) >= 11 is 0. The molecule has 0 amide bonds. The zero-order valence-electron chi connectivity index (χ0n) is 10.5. The molecule has 100 valence electrons. The van der Waals surface area contributed by atoms with Crippen molar-refractivity contribution < 1.29 is 12.6 Å². The molecule has 0 unspecified atom stereocenters. The van der Waals surface area contributed by atoms with E-state index in [1.165, 1.54) is 6.20 Å². The van der Waals surface area contributed by atoms with E-state index in [0.717, 1.165) is 11.9 Å². The van der Waals surface area contributed by atoms with Gasteiger partial charge >= 0.3 is 10.1 Å². The minimum absolute atomic E-state index is 0.00584. The van der Waals surface area contributed by atoms with E-state index in [1.807, 2.05) is 13.0 Å². The minimum Gasteiger partial charge on any atom is -0.380 e. The van der Waals surface area contributed by atoms with E-state index < -0.39 is 10.1 Å². The summed E-state index contributed by atoms with van der Waals surface area (Å²) in [5, 5.41) is 9.45. The van der Waals surface area contributed by atoms with Crippen molar-refractivity contribution in [2.75, 3.05) is 5.75 Å². The second-order valence-corrected chi connectivity index (χ2v) is 5.91. The summed E-state index contributed by atoms with van der Waals surface area (Å²) in [5.41, 5.74) is 1.20. The average Bonchev–Trinajstić information content (AvgIpc) is 2.78. The lowest BCUT2D eigenvalue weighted by Gasteiger charge is -2.05. The highest BCUT2D eigenvalue weighted by Gasteiger charge is 2.15. The van der Waals surface area contributed by atoms with E-state index in [0.29, 0.717) is 17.4 Å². The molecule has 0 spiro atoms. The normalized spacial score (nSPS) is 11.4. The van der Waals surface area contributed by atoms with Gasteiger partial charge < -0.3 is 9.17 Å². The molecule has 0 aliphatic heterocycles. The maximum atomic E-state index is 11.8. The Kier molecular flexibility index (Phi) is 3.76. The van der Waals surface area contributed by atoms with Crippen molar-refractivity contribution in [3.63, 3.8) is 0 Å². The SMILES string of the molecule is CCCCS(=O)(=O)Oc1c[nH]c2ccc(C#N)cc12. The van der Waals surface area contributed by atoms with Gasteiger partial charge in [-0.3, -0.25) is 0 Å². The summed E-state index contributed by atoms with van der Waals surface area (Å²) < 4.78 is 28.6. The molecule has 0 atom stereocenters. The average molecular weight is 278 g/mol. The molecule has 0 saturated carbocycles. The van der Waals surface area contributed by atoms with E-state index in [-0.39, 0.29) is 11.5 Å². The number of nitriles is 1. The zero-order valence-corrected chi connectivity index (χ0v) is 11.3. The van der Waals surface area contributed by atoms with E-state index in [4.69, 9.17) is 9.44 Å². The number of rotatable bonds is 5. The molecule has 1 aromatic heterocycles. The van der Waals surface area contributed by atoms with E-state index in [2.05, 4.69) is 4.98 Å². The third-order valence-corrected chi connectivity index (χ3v) is 3.96. The number of aromatic nitrogens is 1. The van der Waals surface area contributed by atoms with E-state index in [9.17, 15) is 8.42 Å². The van der Waals surface area contributed by atoms with Crippen LogP contribution >= 0.6 is 0 Å². The van der Waals surface area contributed by atoms with Gasteiger partial charge in [-0.05, 0) is 24.6 Å². The van der Waals surface area contributed by atoms with E-state index in [1.54, 1.807) is 18.2 Å². The summed E-state index contributed by atoms with van der Waals surface area (Å²) in [6.45, 7) is 1.92. The number of aromatic amines is 1. The summed E-state index contributed by atoms with van der Waals surface area (Å²) in [6, 6.07) is 7.00. The number of nitrogens with one attached hydrogen (secondary N) is 1. The molecule has 2 aromatic rings. The van der Waals surface area contributed by atoms with Crippen LogP contribution in [0.3, 0.4) is 0 Å². The molecule has 5 nitrogen and oxygen atoms in total. The van der Waals surface area contributed by atoms with Crippen molar-refractivity contribution in [1.82, 2.24) is 4.98 Å². The quantitative estimate of drug-likeness (QED) is 0.852. The Morgan fingerprint density at radius 3 is 2.89 bits per heavy atom. The van der Waals surface area contributed by atoms with Gasteiger partial charge in [0.2, 0.25) is 0 Å². The second kappa shape index (κ2) is 5.33. The fourth-order valence-corrected chi connectivity index (χ4v) is 2.87. The molecule has 0 aliphatic rings. The third kappa shape index (κ3) is 3.06. The van der Waals surface area contributed by atoms with Gasteiger partial charge in [-0.1, -0.05) is 13.3 Å². The Morgan fingerprint density at radius 2 is 2.21 bits per heavy atom. The van der Waals surface area contributed by atoms with Gasteiger partial charge in [0.1, 0.15) is 0 Å². The fraction of sp³-hybridized carbons (Fsp3) is 0.308. The van der Waals surface area contributed by atoms with Crippen molar-refractivity contribution in [3.8, 4) is 11.8 Å². The maximum absolute atomic E-state index is 11.8. The predicted octanol–water partition coefficient (Wildman–Crippen LogP) is 2.55. The van der Waals surface area contributed by atoms with Crippen LogP contribution in [0.2, 0.25) is 0 Å². The van der Waals surface area contributed by atoms with Crippen LogP contribution in [-0.2, 0) is 10.1 Å². The number of hydrogen-bond acceptors (Lipinski definition) is 4. The van der Waals surface area contributed by atoms with E-state index >= 15 is 0 Å². The lowest BCUT2D eigenvalue weighted by atomic mass is 10.2. The van der Waals surface area contributed by atoms with Crippen LogP contribution in [0.5, 0.6) is 5.75 Å². The summed E-state index contributed by atoms with van der Waals surface area (Å²) in [4.78, 5) is 2.92. The van der Waals surface area contributed by atoms with Gasteiger partial charge in [0.05, 0.1) is 17.4 Å². The van der Waals surface area contributed by atoms with Gasteiger partial charge in [-0.25, -0.2) is 0 Å². The molecular formula is C13H14N2O3S. The molecule has 6 heteroatoms. The monoisotopic (exact) mass is 278 g/mol. The molecule has 0 bridgehead atoms. The highest BCUT2D eigenvalue weighted by molar-refractivity contribution is 7.87. The molecular weight excluding hydrogens is 264 g/mol. The van der Waals surface area contributed by atoms with Crippen molar-refractivity contribution in [3.05, 3.63) is 30.0 Å². The first-order valence-electron chi connectivity index (χ1n) is 5.99. The van der Waals surface area contributed by atoms with Crippen LogP contribution < -0.4 is 4.18 Å². The lowest BCUT2D eigenvalue weighted by molar-refractivity contribution is 0.486. The highest BCUT2D eigenvalue weighted by Crippen LogP contribution is 2.27. The minimum atomic E-state index is -3.58. The van der Waals surface area contributed by atoms with Gasteiger partial charge in [0.15, 0.2) is 5.75 Å². The second-order valence-electron chi connectivity index (χ2n) is 4.22. The van der Waals surface area contributed by atoms with Crippen molar-refractivity contribution in [1.29, 1.82) is 5.26 Å². The van der Waals surface area contributed by atoms with Crippen molar-refractivity contribution in [2.24, 2.45) is 0 Å². The number of benzene rings is 1. The Hall–Kier alpha value is -2.00. The molecule has 0 radical (unpaired) electrons. The van der Waals surface area contributed by atoms with Crippen molar-refractivity contribution >= 4 is 21.0 Å². The number of nitrogens with zero attached hydrogens (tertiary/aromatic N) is 1. The molecule has 1 N–H and O–H groups in total. The number of fused-ring (bicyclic) bond motifs is 1. The summed E-state index contributed by atoms with van der Waals surface area (Å²) in [5.74, 6) is 0.233. The standard InChI is InChI=1S/C13H14N2O3S/c1-2-3-6-19(16,17)18-13-9-15-12-5-4-10(8-14)7-11(12)13/h4-5,7,9,15H,2-3,6H2,1H3. The van der Waals surface area contributed by atoms with Crippen LogP contribution in [0.4, 0.5) is 0 Å². The zero-order chi connectivity index (χ0) is 13.9. The number of hydrogen-bond donors (Lipinski definition) is 1. The van der Waals surface area contributed by atoms with Crippen LogP contribution in [0.15, 0.2) is 24.4 Å². The van der Waals surface area contributed by atoms with Gasteiger partial charge in [-0.15, -0.1) is 0 Å². The molecule has 19 heavy (non-hydrogen) atoms. The number of unbranched alkanes of at least 4 members (excludes halogenated alkanes) is 1. The Morgan fingerprint density at radius 1 is 1.42 bits per heavy atom. The largest absolute Gasteiger partial charge is 0.380 e. The van der Waals surface area contributed by atoms with Crippen LogP contribution in [0, 0.1) is 11.3 Å². The predicted molar refractivity (Wildman–Crippen MR) is 72.3 cm³/mol. The summed E-state index contributed by atoms with van der Waals surface area (Å²) in [7, 11) is -3.58. The molecule has 0 fully saturated rings. The van der Waals surface area contributed by atoms with Crippen LogP contribution in [0.25, 0.3) is 10.9 Å².